The smallest absolute Gasteiger partial charge is 0.325 e. The van der Waals surface area contributed by atoms with Gasteiger partial charge in [0.05, 0.1) is 23.5 Å². The first-order valence-electron chi connectivity index (χ1n) is 10.3. The minimum atomic E-state index is -0.465. The van der Waals surface area contributed by atoms with Gasteiger partial charge in [0.25, 0.3) is 5.91 Å². The second-order valence-electron chi connectivity index (χ2n) is 7.72. The number of benzene rings is 1. The van der Waals surface area contributed by atoms with Crippen molar-refractivity contribution in [2.24, 2.45) is 0 Å². The number of anilines is 3. The van der Waals surface area contributed by atoms with E-state index < -0.39 is 6.03 Å². The third-order valence-electron chi connectivity index (χ3n) is 4.92. The number of carbonyl (C=O) groups is 2. The zero-order chi connectivity index (χ0) is 22.7. The largest absolute Gasteiger partial charge is 0.366 e. The maximum absolute atomic E-state index is 12.6. The zero-order valence-corrected chi connectivity index (χ0v) is 18.6. The van der Waals surface area contributed by atoms with Gasteiger partial charge in [-0.25, -0.2) is 9.78 Å². The van der Waals surface area contributed by atoms with Gasteiger partial charge in [0.1, 0.15) is 0 Å². The first-order chi connectivity index (χ1) is 15.4. The third-order valence-corrected chi connectivity index (χ3v) is 5.91. The molecule has 0 saturated heterocycles. The number of carbonyl (C=O) groups excluding carboxylic acids is 2. The molecule has 2 aromatic heterocycles. The lowest BCUT2D eigenvalue weighted by Crippen LogP contribution is -2.31. The second-order valence-corrected chi connectivity index (χ2v) is 8.81. The van der Waals surface area contributed by atoms with Crippen LogP contribution in [0, 0.1) is 0 Å². The van der Waals surface area contributed by atoms with Crippen molar-refractivity contribution in [3.8, 4) is 0 Å². The van der Waals surface area contributed by atoms with Crippen molar-refractivity contribution >= 4 is 39.8 Å². The van der Waals surface area contributed by atoms with Crippen LogP contribution in [-0.2, 0) is 13.0 Å². The Kier molecular flexibility index (Phi) is 6.22. The normalized spacial score (nSPS) is 12.9. The first-order valence-corrected chi connectivity index (χ1v) is 11.1. The molecule has 0 radical (unpaired) electrons. The number of nitrogens with zero attached hydrogens (tertiary/aromatic N) is 2. The number of hydrogen-bond acceptors (Lipinski definition) is 6. The second kappa shape index (κ2) is 9.23. The molecule has 0 aliphatic carbocycles. The van der Waals surface area contributed by atoms with E-state index in [1.54, 1.807) is 36.5 Å². The summed E-state index contributed by atoms with van der Waals surface area (Å²) in [6.07, 6.45) is 2.36. The fourth-order valence-corrected chi connectivity index (χ4v) is 4.50. The predicted octanol–water partition coefficient (Wildman–Crippen LogP) is 3.18. The SMILES string of the molecule is CC(C)NC(=O)c1ccccc1NC(=O)Nc1nc2c(s1)CN(c1cc[nH]c(=O)c1)CC2. The lowest BCUT2D eigenvalue weighted by molar-refractivity contribution is 0.0944. The third kappa shape index (κ3) is 4.97. The summed E-state index contributed by atoms with van der Waals surface area (Å²) in [6, 6.07) is 9.82. The van der Waals surface area contributed by atoms with Crippen molar-refractivity contribution in [2.45, 2.75) is 32.9 Å². The van der Waals surface area contributed by atoms with Crippen molar-refractivity contribution in [2.75, 3.05) is 22.1 Å². The Morgan fingerprint density at radius 2 is 2.00 bits per heavy atom. The molecule has 166 valence electrons. The topological polar surface area (TPSA) is 119 Å². The molecule has 1 aromatic carbocycles. The number of hydrogen-bond donors (Lipinski definition) is 4. The molecule has 3 aromatic rings. The molecule has 32 heavy (non-hydrogen) atoms. The van der Waals surface area contributed by atoms with Crippen LogP contribution in [0.3, 0.4) is 0 Å². The van der Waals surface area contributed by atoms with Crippen molar-refractivity contribution < 1.29 is 9.59 Å². The van der Waals surface area contributed by atoms with E-state index in [1.807, 2.05) is 19.9 Å². The van der Waals surface area contributed by atoms with E-state index in [9.17, 15) is 14.4 Å². The van der Waals surface area contributed by atoms with Crippen LogP contribution in [0.15, 0.2) is 47.4 Å². The van der Waals surface area contributed by atoms with E-state index in [-0.39, 0.29) is 17.5 Å². The van der Waals surface area contributed by atoms with Gasteiger partial charge in [-0.05, 0) is 32.0 Å². The fraction of sp³-hybridized carbons (Fsp3) is 0.273. The van der Waals surface area contributed by atoms with Gasteiger partial charge >= 0.3 is 6.03 Å². The number of H-pyrrole nitrogens is 1. The van der Waals surface area contributed by atoms with E-state index in [0.717, 1.165) is 29.2 Å². The standard InChI is InChI=1S/C22H24N6O3S/c1-13(2)24-20(30)15-5-3-4-6-16(15)25-21(31)27-22-26-17-8-10-28(12-18(17)32-22)14-7-9-23-19(29)11-14/h3-7,9,11,13H,8,10,12H2,1-2H3,(H,23,29)(H,24,30)(H2,25,26,27,31). The van der Waals surface area contributed by atoms with Gasteiger partial charge in [-0.2, -0.15) is 0 Å². The van der Waals surface area contributed by atoms with Crippen LogP contribution in [0.4, 0.5) is 21.3 Å². The molecule has 4 rings (SSSR count). The summed E-state index contributed by atoms with van der Waals surface area (Å²) in [5, 5.41) is 8.83. The highest BCUT2D eigenvalue weighted by Crippen LogP contribution is 2.30. The van der Waals surface area contributed by atoms with Crippen molar-refractivity contribution in [1.82, 2.24) is 15.3 Å². The number of rotatable bonds is 5. The van der Waals surface area contributed by atoms with Gasteiger partial charge in [-0.1, -0.05) is 23.5 Å². The maximum Gasteiger partial charge on any atom is 0.325 e. The minimum Gasteiger partial charge on any atom is -0.366 e. The summed E-state index contributed by atoms with van der Waals surface area (Å²) < 4.78 is 0. The van der Waals surface area contributed by atoms with E-state index >= 15 is 0 Å². The maximum atomic E-state index is 12.6. The molecule has 3 amide bonds. The van der Waals surface area contributed by atoms with E-state index in [1.165, 1.54) is 11.3 Å². The van der Waals surface area contributed by atoms with E-state index in [4.69, 9.17) is 0 Å². The number of urea groups is 1. The van der Waals surface area contributed by atoms with Crippen LogP contribution in [0.1, 0.15) is 34.8 Å². The van der Waals surface area contributed by atoms with Crippen LogP contribution >= 0.6 is 11.3 Å². The number of pyridine rings is 1. The first kappa shape index (κ1) is 21.6. The molecule has 0 spiro atoms. The lowest BCUT2D eigenvalue weighted by atomic mass is 10.1. The Labute approximate surface area is 188 Å². The summed E-state index contributed by atoms with van der Waals surface area (Å²) in [5.41, 5.74) is 2.48. The quantitative estimate of drug-likeness (QED) is 0.474. The number of para-hydroxylation sites is 1. The van der Waals surface area contributed by atoms with Crippen LogP contribution < -0.4 is 26.4 Å². The molecule has 1 aliphatic rings. The van der Waals surface area contributed by atoms with E-state index in [0.29, 0.717) is 22.9 Å². The number of thiazole rings is 1. The molecule has 1 aliphatic heterocycles. The molecular formula is C22H24N6O3S. The van der Waals surface area contributed by atoms with Gasteiger partial charge in [0, 0.05) is 41.8 Å². The monoisotopic (exact) mass is 452 g/mol. The Bertz CT molecular complexity index is 1200. The summed E-state index contributed by atoms with van der Waals surface area (Å²) in [4.78, 5) is 46.9. The average Bonchev–Trinajstić information content (AvgIpc) is 3.14. The van der Waals surface area contributed by atoms with Crippen LogP contribution in [0.2, 0.25) is 0 Å². The summed E-state index contributed by atoms with van der Waals surface area (Å²) in [7, 11) is 0. The average molecular weight is 453 g/mol. The van der Waals surface area contributed by atoms with Gasteiger partial charge in [-0.3, -0.25) is 14.9 Å². The van der Waals surface area contributed by atoms with Crippen molar-refractivity contribution in [1.29, 1.82) is 0 Å². The molecule has 0 unspecified atom stereocenters. The Morgan fingerprint density at radius 3 is 2.78 bits per heavy atom. The summed E-state index contributed by atoms with van der Waals surface area (Å²) in [6.45, 7) is 5.12. The highest BCUT2D eigenvalue weighted by Gasteiger charge is 2.22. The minimum absolute atomic E-state index is 0.0140. The highest BCUT2D eigenvalue weighted by molar-refractivity contribution is 7.15. The van der Waals surface area contributed by atoms with Crippen LogP contribution in [0.25, 0.3) is 0 Å². The number of aromatic nitrogens is 2. The van der Waals surface area contributed by atoms with Crippen LogP contribution in [0.5, 0.6) is 0 Å². The van der Waals surface area contributed by atoms with Crippen LogP contribution in [-0.4, -0.2) is 34.5 Å². The summed E-state index contributed by atoms with van der Waals surface area (Å²) >= 11 is 1.41. The zero-order valence-electron chi connectivity index (χ0n) is 17.8. The Morgan fingerprint density at radius 1 is 1.19 bits per heavy atom. The molecule has 0 fully saturated rings. The predicted molar refractivity (Wildman–Crippen MR) is 126 cm³/mol. The number of amides is 3. The van der Waals surface area contributed by atoms with Gasteiger partial charge in [0.2, 0.25) is 5.56 Å². The van der Waals surface area contributed by atoms with Gasteiger partial charge < -0.3 is 20.5 Å². The fourth-order valence-electron chi connectivity index (χ4n) is 3.48. The lowest BCUT2D eigenvalue weighted by Gasteiger charge is -2.27. The molecule has 0 bridgehead atoms. The van der Waals surface area contributed by atoms with E-state index in [2.05, 4.69) is 30.8 Å². The molecule has 4 N–H and O–H groups in total. The van der Waals surface area contributed by atoms with Gasteiger partial charge in [-0.15, -0.1) is 0 Å². The number of nitrogens with one attached hydrogen (secondary N) is 4. The number of aromatic amines is 1. The molecular weight excluding hydrogens is 428 g/mol. The molecule has 0 atom stereocenters. The Balaban J connectivity index is 1.43. The molecule has 0 saturated carbocycles. The van der Waals surface area contributed by atoms with Gasteiger partial charge in [0.15, 0.2) is 5.13 Å². The Hall–Kier alpha value is -3.66. The van der Waals surface area contributed by atoms with Crippen molar-refractivity contribution in [3.63, 3.8) is 0 Å². The molecule has 10 heteroatoms. The summed E-state index contributed by atoms with van der Waals surface area (Å²) in [5.74, 6) is -0.250. The molecule has 3 heterocycles. The number of fused-ring (bicyclic) bond motifs is 1. The van der Waals surface area contributed by atoms with Crippen molar-refractivity contribution in [3.05, 3.63) is 69.1 Å². The highest BCUT2D eigenvalue weighted by atomic mass is 32.1. The molecule has 9 nitrogen and oxygen atoms in total.